The Morgan fingerprint density at radius 1 is 1.08 bits per heavy atom. The third-order valence-corrected chi connectivity index (χ3v) is 4.96. The van der Waals surface area contributed by atoms with Crippen LogP contribution >= 0.6 is 0 Å². The van der Waals surface area contributed by atoms with Crippen LogP contribution in [-0.2, 0) is 17.8 Å². The minimum atomic E-state index is -0.172. The molecule has 1 atom stereocenters. The summed E-state index contributed by atoms with van der Waals surface area (Å²) in [5.74, 6) is 0.736. The lowest BCUT2D eigenvalue weighted by atomic mass is 9.97. The van der Waals surface area contributed by atoms with Crippen molar-refractivity contribution in [1.29, 1.82) is 0 Å². The molecule has 0 aliphatic carbocycles. The van der Waals surface area contributed by atoms with E-state index >= 15 is 0 Å². The Bertz CT molecular complexity index is 685. The average Bonchev–Trinajstić information content (AvgIpc) is 2.67. The van der Waals surface area contributed by atoms with Gasteiger partial charge in [0.2, 0.25) is 5.91 Å². The summed E-state index contributed by atoms with van der Waals surface area (Å²) in [7, 11) is 0. The third-order valence-electron chi connectivity index (χ3n) is 4.96. The van der Waals surface area contributed by atoms with Crippen LogP contribution in [0.1, 0.15) is 30.4 Å². The number of primary amides is 1. The highest BCUT2D eigenvalue weighted by Crippen LogP contribution is 2.20. The molecular formula is C22H28N2O2. The zero-order chi connectivity index (χ0) is 18.2. The van der Waals surface area contributed by atoms with Crippen LogP contribution in [0.5, 0.6) is 5.75 Å². The number of aryl methyl sites for hydroxylation is 1. The van der Waals surface area contributed by atoms with Gasteiger partial charge in [-0.2, -0.15) is 0 Å². The van der Waals surface area contributed by atoms with Crippen LogP contribution in [0.4, 0.5) is 0 Å². The van der Waals surface area contributed by atoms with Crippen molar-refractivity contribution in [1.82, 2.24) is 4.90 Å². The van der Waals surface area contributed by atoms with E-state index in [0.29, 0.717) is 0 Å². The van der Waals surface area contributed by atoms with Gasteiger partial charge in [0.05, 0.1) is 12.5 Å². The summed E-state index contributed by atoms with van der Waals surface area (Å²) in [4.78, 5) is 13.7. The second kappa shape index (κ2) is 9.39. The number of carbonyl (C=O) groups is 1. The zero-order valence-electron chi connectivity index (χ0n) is 15.3. The molecule has 1 aliphatic heterocycles. The lowest BCUT2D eigenvalue weighted by Crippen LogP contribution is -2.40. The molecule has 3 rings (SSSR count). The molecule has 1 unspecified atom stereocenters. The largest absolute Gasteiger partial charge is 0.494 e. The van der Waals surface area contributed by atoms with Gasteiger partial charge in [0.25, 0.3) is 0 Å². The van der Waals surface area contributed by atoms with E-state index in [1.54, 1.807) is 0 Å². The molecule has 1 fully saturated rings. The molecule has 4 nitrogen and oxygen atoms in total. The minimum Gasteiger partial charge on any atom is -0.494 e. The minimum absolute atomic E-state index is 0.00373. The Morgan fingerprint density at radius 3 is 2.58 bits per heavy atom. The fourth-order valence-electron chi connectivity index (χ4n) is 3.49. The number of rotatable bonds is 8. The summed E-state index contributed by atoms with van der Waals surface area (Å²) < 4.78 is 5.85. The van der Waals surface area contributed by atoms with Crippen LogP contribution < -0.4 is 10.5 Å². The molecule has 2 aromatic rings. The average molecular weight is 352 g/mol. The van der Waals surface area contributed by atoms with E-state index in [0.717, 1.165) is 57.7 Å². The Kier molecular flexibility index (Phi) is 6.67. The van der Waals surface area contributed by atoms with Gasteiger partial charge in [-0.1, -0.05) is 42.5 Å². The fraction of sp³-hybridized carbons (Fsp3) is 0.409. The summed E-state index contributed by atoms with van der Waals surface area (Å²) in [5, 5.41) is 0. The van der Waals surface area contributed by atoms with Gasteiger partial charge in [0.1, 0.15) is 5.75 Å². The van der Waals surface area contributed by atoms with Crippen molar-refractivity contribution in [3.63, 3.8) is 0 Å². The first-order chi connectivity index (χ1) is 12.7. The highest BCUT2D eigenvalue weighted by Gasteiger charge is 2.23. The molecule has 1 aliphatic rings. The summed E-state index contributed by atoms with van der Waals surface area (Å²) >= 11 is 0. The number of hydrogen-bond donors (Lipinski definition) is 1. The van der Waals surface area contributed by atoms with Gasteiger partial charge in [-0.05, 0) is 55.5 Å². The van der Waals surface area contributed by atoms with Crippen LogP contribution in [0.2, 0.25) is 0 Å². The van der Waals surface area contributed by atoms with Gasteiger partial charge in [-0.25, -0.2) is 0 Å². The Balaban J connectivity index is 1.41. The zero-order valence-corrected chi connectivity index (χ0v) is 15.3. The molecule has 0 spiro atoms. The molecule has 1 amide bonds. The molecule has 4 heteroatoms. The van der Waals surface area contributed by atoms with Gasteiger partial charge in [0, 0.05) is 13.1 Å². The van der Waals surface area contributed by atoms with Crippen molar-refractivity contribution >= 4 is 5.91 Å². The van der Waals surface area contributed by atoms with E-state index in [9.17, 15) is 4.79 Å². The maximum atomic E-state index is 11.4. The predicted molar refractivity (Wildman–Crippen MR) is 104 cm³/mol. The number of piperidine rings is 1. The van der Waals surface area contributed by atoms with E-state index in [2.05, 4.69) is 41.3 Å². The first-order valence-electron chi connectivity index (χ1n) is 9.48. The Labute approximate surface area is 156 Å². The lowest BCUT2D eigenvalue weighted by Gasteiger charge is -2.31. The lowest BCUT2D eigenvalue weighted by molar-refractivity contribution is -0.123. The van der Waals surface area contributed by atoms with Gasteiger partial charge in [-0.3, -0.25) is 9.69 Å². The summed E-state index contributed by atoms with van der Waals surface area (Å²) in [6.45, 7) is 3.38. The number of amides is 1. The third kappa shape index (κ3) is 5.60. The van der Waals surface area contributed by atoms with Crippen molar-refractivity contribution in [2.75, 3.05) is 19.7 Å². The molecule has 0 radical (unpaired) electrons. The number of likely N-dealkylation sites (tertiary alicyclic amines) is 1. The van der Waals surface area contributed by atoms with Crippen LogP contribution in [0.15, 0.2) is 54.6 Å². The SMILES string of the molecule is NC(=O)C1CCCN(Cc2ccc(OCCCc3ccccc3)cc2)C1. The molecular weight excluding hydrogens is 324 g/mol. The highest BCUT2D eigenvalue weighted by atomic mass is 16.5. The van der Waals surface area contributed by atoms with E-state index < -0.39 is 0 Å². The van der Waals surface area contributed by atoms with Crippen LogP contribution in [0.25, 0.3) is 0 Å². The van der Waals surface area contributed by atoms with E-state index in [1.165, 1.54) is 11.1 Å². The van der Waals surface area contributed by atoms with Crippen molar-refractivity contribution in [2.24, 2.45) is 11.7 Å². The van der Waals surface area contributed by atoms with E-state index in [-0.39, 0.29) is 11.8 Å². The molecule has 2 N–H and O–H groups in total. The molecule has 0 bridgehead atoms. The Hall–Kier alpha value is -2.33. The van der Waals surface area contributed by atoms with Crippen molar-refractivity contribution < 1.29 is 9.53 Å². The van der Waals surface area contributed by atoms with Gasteiger partial charge in [-0.15, -0.1) is 0 Å². The summed E-state index contributed by atoms with van der Waals surface area (Å²) in [5.41, 5.74) is 8.05. The number of ether oxygens (including phenoxy) is 1. The predicted octanol–water partition coefficient (Wildman–Crippen LogP) is 3.40. The summed E-state index contributed by atoms with van der Waals surface area (Å²) in [6.07, 6.45) is 4.00. The second-order valence-corrected chi connectivity index (χ2v) is 7.06. The molecule has 1 heterocycles. The molecule has 2 aromatic carbocycles. The van der Waals surface area contributed by atoms with Crippen molar-refractivity contribution in [3.8, 4) is 5.75 Å². The topological polar surface area (TPSA) is 55.6 Å². The first-order valence-corrected chi connectivity index (χ1v) is 9.48. The second-order valence-electron chi connectivity index (χ2n) is 7.06. The molecule has 0 saturated carbocycles. The van der Waals surface area contributed by atoms with Crippen molar-refractivity contribution in [2.45, 2.75) is 32.2 Å². The highest BCUT2D eigenvalue weighted by molar-refractivity contribution is 5.76. The van der Waals surface area contributed by atoms with Gasteiger partial charge in [0.15, 0.2) is 0 Å². The van der Waals surface area contributed by atoms with Crippen LogP contribution in [0, 0.1) is 5.92 Å². The number of benzene rings is 2. The van der Waals surface area contributed by atoms with Gasteiger partial charge >= 0.3 is 0 Å². The maximum Gasteiger partial charge on any atom is 0.221 e. The summed E-state index contributed by atoms with van der Waals surface area (Å²) in [6, 6.07) is 18.8. The molecule has 1 saturated heterocycles. The van der Waals surface area contributed by atoms with E-state index in [4.69, 9.17) is 10.5 Å². The quantitative estimate of drug-likeness (QED) is 0.741. The van der Waals surface area contributed by atoms with Crippen LogP contribution in [0.3, 0.4) is 0 Å². The smallest absolute Gasteiger partial charge is 0.221 e. The maximum absolute atomic E-state index is 11.4. The molecule has 138 valence electrons. The number of carbonyl (C=O) groups excluding carboxylic acids is 1. The molecule has 26 heavy (non-hydrogen) atoms. The monoisotopic (exact) mass is 352 g/mol. The standard InChI is InChI=1S/C22H28N2O2/c23-22(25)20-9-4-14-24(17-20)16-19-10-12-21(13-11-19)26-15-5-8-18-6-2-1-3-7-18/h1-3,6-7,10-13,20H,4-5,8-9,14-17H2,(H2,23,25). The first kappa shape index (κ1) is 18.5. The van der Waals surface area contributed by atoms with Crippen LogP contribution in [-0.4, -0.2) is 30.5 Å². The van der Waals surface area contributed by atoms with Gasteiger partial charge < -0.3 is 10.5 Å². The number of hydrogen-bond acceptors (Lipinski definition) is 3. The fourth-order valence-corrected chi connectivity index (χ4v) is 3.49. The number of nitrogens with zero attached hydrogens (tertiary/aromatic N) is 1. The van der Waals surface area contributed by atoms with E-state index in [1.807, 2.05) is 18.2 Å². The van der Waals surface area contributed by atoms with Crippen molar-refractivity contribution in [3.05, 3.63) is 65.7 Å². The molecule has 0 aromatic heterocycles. The Morgan fingerprint density at radius 2 is 1.85 bits per heavy atom. The number of nitrogens with two attached hydrogens (primary N) is 1. The normalized spacial score (nSPS) is 17.8.